The minimum absolute atomic E-state index is 0.0131. The van der Waals surface area contributed by atoms with Gasteiger partial charge in [0.25, 0.3) is 0 Å². The van der Waals surface area contributed by atoms with Crippen LogP contribution in [0.15, 0.2) is 46.5 Å². The molecule has 3 N–H and O–H groups in total. The molecule has 0 fully saturated rings. The van der Waals surface area contributed by atoms with E-state index in [4.69, 9.17) is 27.5 Å². The molecule has 0 atom stereocenters. The molecule has 0 spiro atoms. The average molecular weight is 294 g/mol. The highest BCUT2D eigenvalue weighted by Crippen LogP contribution is 2.32. The van der Waals surface area contributed by atoms with Crippen molar-refractivity contribution >= 4 is 29.2 Å². The molecule has 0 amide bonds. The maximum atomic E-state index is 7.59. The van der Waals surface area contributed by atoms with Gasteiger partial charge in [-0.05, 0) is 30.3 Å². The van der Waals surface area contributed by atoms with E-state index in [-0.39, 0.29) is 5.84 Å². The van der Waals surface area contributed by atoms with E-state index in [2.05, 4.69) is 4.98 Å². The molecule has 19 heavy (non-hydrogen) atoms. The third-order valence-corrected chi connectivity index (χ3v) is 3.63. The number of hydrogen-bond donors (Lipinski definition) is 2. The van der Waals surface area contributed by atoms with Gasteiger partial charge in [0.15, 0.2) is 0 Å². The van der Waals surface area contributed by atoms with Crippen LogP contribution in [0.2, 0.25) is 5.02 Å². The van der Waals surface area contributed by atoms with Crippen LogP contribution < -0.4 is 10.5 Å². The van der Waals surface area contributed by atoms with Crippen molar-refractivity contribution in [3.05, 3.63) is 47.1 Å². The summed E-state index contributed by atoms with van der Waals surface area (Å²) in [5.74, 6) is 0.723. The number of benzene rings is 1. The van der Waals surface area contributed by atoms with Gasteiger partial charge in [-0.1, -0.05) is 23.4 Å². The molecule has 0 bridgehead atoms. The predicted octanol–water partition coefficient (Wildman–Crippen LogP) is 3.18. The van der Waals surface area contributed by atoms with Gasteiger partial charge in [-0.15, -0.1) is 0 Å². The molecule has 1 aromatic heterocycles. The first-order valence-corrected chi connectivity index (χ1v) is 6.61. The first-order valence-electron chi connectivity index (χ1n) is 5.42. The van der Waals surface area contributed by atoms with Crippen molar-refractivity contribution in [2.45, 2.75) is 9.92 Å². The Balaban J connectivity index is 2.36. The van der Waals surface area contributed by atoms with Crippen LogP contribution in [0.3, 0.4) is 0 Å². The van der Waals surface area contributed by atoms with Crippen LogP contribution in [0.5, 0.6) is 5.75 Å². The zero-order chi connectivity index (χ0) is 13.8. The van der Waals surface area contributed by atoms with Crippen molar-refractivity contribution < 1.29 is 4.74 Å². The largest absolute Gasteiger partial charge is 0.497 e. The second-order valence-electron chi connectivity index (χ2n) is 3.69. The van der Waals surface area contributed by atoms with E-state index in [1.54, 1.807) is 31.5 Å². The predicted molar refractivity (Wildman–Crippen MR) is 77.4 cm³/mol. The number of amidine groups is 1. The van der Waals surface area contributed by atoms with E-state index in [1.165, 1.54) is 11.8 Å². The zero-order valence-electron chi connectivity index (χ0n) is 10.2. The number of pyridine rings is 1. The molecule has 2 aromatic rings. The molecule has 0 aliphatic rings. The summed E-state index contributed by atoms with van der Waals surface area (Å²) in [4.78, 5) is 5.03. The zero-order valence-corrected chi connectivity index (χ0v) is 11.8. The van der Waals surface area contributed by atoms with Crippen LogP contribution in [-0.2, 0) is 0 Å². The second-order valence-corrected chi connectivity index (χ2v) is 5.19. The minimum Gasteiger partial charge on any atom is -0.497 e. The number of nitrogens with one attached hydrogen (secondary N) is 1. The Bertz CT molecular complexity index is 601. The van der Waals surface area contributed by atoms with Crippen LogP contribution in [0, 0.1) is 5.41 Å². The molecule has 0 unspecified atom stereocenters. The van der Waals surface area contributed by atoms with E-state index < -0.39 is 0 Å². The first-order chi connectivity index (χ1) is 9.10. The highest BCUT2D eigenvalue weighted by molar-refractivity contribution is 7.99. The van der Waals surface area contributed by atoms with Crippen molar-refractivity contribution in [3.8, 4) is 5.75 Å². The Kier molecular flexibility index (Phi) is 4.29. The second kappa shape index (κ2) is 5.95. The van der Waals surface area contributed by atoms with Crippen molar-refractivity contribution in [2.75, 3.05) is 7.11 Å². The van der Waals surface area contributed by atoms with Crippen LogP contribution in [0.1, 0.15) is 5.56 Å². The van der Waals surface area contributed by atoms with E-state index in [0.717, 1.165) is 9.92 Å². The van der Waals surface area contributed by atoms with Gasteiger partial charge in [-0.3, -0.25) is 5.41 Å². The molecule has 6 heteroatoms. The van der Waals surface area contributed by atoms with Gasteiger partial charge in [0.2, 0.25) is 0 Å². The van der Waals surface area contributed by atoms with Gasteiger partial charge in [-0.2, -0.15) is 0 Å². The molecular weight excluding hydrogens is 282 g/mol. The molecule has 1 heterocycles. The summed E-state index contributed by atoms with van der Waals surface area (Å²) in [6.45, 7) is 0. The van der Waals surface area contributed by atoms with Gasteiger partial charge in [0, 0.05) is 16.7 Å². The fourth-order valence-corrected chi connectivity index (χ4v) is 2.51. The van der Waals surface area contributed by atoms with Crippen LogP contribution in [0.4, 0.5) is 0 Å². The molecule has 1 aromatic carbocycles. The fraction of sp³-hybridized carbons (Fsp3) is 0.0769. The van der Waals surface area contributed by atoms with Gasteiger partial charge in [0.05, 0.1) is 12.1 Å². The number of nitrogen functional groups attached to an aromatic ring is 1. The summed E-state index contributed by atoms with van der Waals surface area (Å²) in [5, 5.41) is 8.95. The van der Waals surface area contributed by atoms with Gasteiger partial charge in [-0.25, -0.2) is 4.98 Å². The Morgan fingerprint density at radius 2 is 2.16 bits per heavy atom. The lowest BCUT2D eigenvalue weighted by Gasteiger charge is -2.09. The van der Waals surface area contributed by atoms with Gasteiger partial charge in [0.1, 0.15) is 16.6 Å². The standard InChI is InChI=1S/C13H12ClN3OS/c1-18-9-3-4-10(13(15)16)11(6-9)19-12-5-2-8(14)7-17-12/h2-7H,1H3,(H3,15,16). The Morgan fingerprint density at radius 3 is 2.74 bits per heavy atom. The van der Waals surface area contributed by atoms with Crippen LogP contribution >= 0.6 is 23.4 Å². The minimum atomic E-state index is 0.0131. The van der Waals surface area contributed by atoms with E-state index >= 15 is 0 Å². The normalized spacial score (nSPS) is 10.2. The number of nitrogens with zero attached hydrogens (tertiary/aromatic N) is 1. The van der Waals surface area contributed by atoms with Crippen molar-refractivity contribution in [2.24, 2.45) is 5.73 Å². The number of methoxy groups -OCH3 is 1. The molecule has 0 aliphatic carbocycles. The molecule has 4 nitrogen and oxygen atoms in total. The summed E-state index contributed by atoms with van der Waals surface area (Å²) in [6, 6.07) is 8.95. The number of nitrogens with two attached hydrogens (primary N) is 1. The molecule has 0 saturated carbocycles. The Hall–Kier alpha value is -1.72. The van der Waals surface area contributed by atoms with Gasteiger partial charge < -0.3 is 10.5 Å². The summed E-state index contributed by atoms with van der Waals surface area (Å²) < 4.78 is 5.18. The SMILES string of the molecule is COc1ccc(C(=N)N)c(Sc2ccc(Cl)cn2)c1. The quantitative estimate of drug-likeness (QED) is 0.671. The average Bonchev–Trinajstić information content (AvgIpc) is 2.41. The maximum absolute atomic E-state index is 7.59. The lowest BCUT2D eigenvalue weighted by molar-refractivity contribution is 0.413. The number of hydrogen-bond acceptors (Lipinski definition) is 4. The number of rotatable bonds is 4. The number of halogens is 1. The summed E-state index contributed by atoms with van der Waals surface area (Å²) in [7, 11) is 1.60. The topological polar surface area (TPSA) is 72.0 Å². The molecular formula is C13H12ClN3OS. The highest BCUT2D eigenvalue weighted by atomic mass is 35.5. The molecule has 0 radical (unpaired) electrons. The number of aromatic nitrogens is 1. The molecule has 2 rings (SSSR count). The number of ether oxygens (including phenoxy) is 1. The smallest absolute Gasteiger partial charge is 0.123 e. The Labute approximate surface area is 120 Å². The molecule has 0 aliphatic heterocycles. The van der Waals surface area contributed by atoms with Crippen molar-refractivity contribution in [1.82, 2.24) is 4.98 Å². The third-order valence-electron chi connectivity index (χ3n) is 2.39. The van der Waals surface area contributed by atoms with Crippen LogP contribution in [-0.4, -0.2) is 17.9 Å². The Morgan fingerprint density at radius 1 is 1.37 bits per heavy atom. The van der Waals surface area contributed by atoms with E-state index in [0.29, 0.717) is 16.3 Å². The van der Waals surface area contributed by atoms with Gasteiger partial charge >= 0.3 is 0 Å². The summed E-state index contributed by atoms with van der Waals surface area (Å²) in [5.41, 5.74) is 6.23. The molecule has 98 valence electrons. The lowest BCUT2D eigenvalue weighted by atomic mass is 10.2. The monoisotopic (exact) mass is 293 g/mol. The lowest BCUT2D eigenvalue weighted by Crippen LogP contribution is -2.12. The van der Waals surface area contributed by atoms with Crippen molar-refractivity contribution in [3.63, 3.8) is 0 Å². The van der Waals surface area contributed by atoms with E-state index in [1.807, 2.05) is 12.1 Å². The molecule has 0 saturated heterocycles. The first kappa shape index (κ1) is 13.7. The third kappa shape index (κ3) is 3.39. The van der Waals surface area contributed by atoms with Crippen LogP contribution in [0.25, 0.3) is 0 Å². The van der Waals surface area contributed by atoms with Crippen molar-refractivity contribution in [1.29, 1.82) is 5.41 Å². The fourth-order valence-electron chi connectivity index (χ4n) is 1.47. The maximum Gasteiger partial charge on any atom is 0.123 e. The highest BCUT2D eigenvalue weighted by Gasteiger charge is 2.09. The summed E-state index contributed by atoms with van der Waals surface area (Å²) >= 11 is 7.21. The summed E-state index contributed by atoms with van der Waals surface area (Å²) in [6.07, 6.45) is 1.58. The van der Waals surface area contributed by atoms with E-state index in [9.17, 15) is 0 Å².